The van der Waals surface area contributed by atoms with Crippen LogP contribution in [0.5, 0.6) is 0 Å². The molecule has 0 fully saturated rings. The molecular formula is C18H22ClIN4O. The summed E-state index contributed by atoms with van der Waals surface area (Å²) in [6.07, 6.45) is 0. The second-order valence-corrected chi connectivity index (χ2v) is 5.61. The van der Waals surface area contributed by atoms with Gasteiger partial charge in [-0.25, -0.2) is 4.99 Å². The van der Waals surface area contributed by atoms with Crippen molar-refractivity contribution in [2.24, 2.45) is 10.7 Å². The number of halogens is 2. The Hall–Kier alpha value is -1.80. The van der Waals surface area contributed by atoms with Crippen molar-refractivity contribution < 1.29 is 4.79 Å². The predicted molar refractivity (Wildman–Crippen MR) is 113 cm³/mol. The van der Waals surface area contributed by atoms with Gasteiger partial charge in [0.15, 0.2) is 5.96 Å². The SMILES string of the molecule is CCNC(=NCc1cccc(C(N)=O)c1)NCc1ccccc1Cl.I. The number of amides is 1. The van der Waals surface area contributed by atoms with Crippen molar-refractivity contribution in [2.75, 3.05) is 6.54 Å². The lowest BCUT2D eigenvalue weighted by atomic mass is 10.1. The minimum absolute atomic E-state index is 0. The molecule has 134 valence electrons. The summed E-state index contributed by atoms with van der Waals surface area (Å²) in [6, 6.07) is 14.8. The van der Waals surface area contributed by atoms with Crippen LogP contribution in [0.2, 0.25) is 5.02 Å². The molecule has 0 unspecified atom stereocenters. The van der Waals surface area contributed by atoms with Crippen molar-refractivity contribution in [3.63, 3.8) is 0 Å². The van der Waals surface area contributed by atoms with Gasteiger partial charge in [0, 0.05) is 23.7 Å². The van der Waals surface area contributed by atoms with Crippen molar-refractivity contribution in [2.45, 2.75) is 20.0 Å². The molecule has 0 saturated heterocycles. The van der Waals surface area contributed by atoms with E-state index in [2.05, 4.69) is 15.6 Å². The number of carbonyl (C=O) groups is 1. The molecule has 7 heteroatoms. The highest BCUT2D eigenvalue weighted by molar-refractivity contribution is 14.0. The first-order chi connectivity index (χ1) is 11.6. The zero-order chi connectivity index (χ0) is 17.4. The Morgan fingerprint density at radius 3 is 2.60 bits per heavy atom. The summed E-state index contributed by atoms with van der Waals surface area (Å²) in [7, 11) is 0. The quantitative estimate of drug-likeness (QED) is 0.343. The number of benzene rings is 2. The smallest absolute Gasteiger partial charge is 0.248 e. The first-order valence-corrected chi connectivity index (χ1v) is 8.12. The lowest BCUT2D eigenvalue weighted by Crippen LogP contribution is -2.36. The van der Waals surface area contributed by atoms with E-state index in [1.165, 1.54) is 0 Å². The van der Waals surface area contributed by atoms with Crippen LogP contribution in [-0.2, 0) is 13.1 Å². The molecule has 0 saturated carbocycles. The number of carbonyl (C=O) groups excluding carboxylic acids is 1. The van der Waals surface area contributed by atoms with Crippen LogP contribution in [0.15, 0.2) is 53.5 Å². The topological polar surface area (TPSA) is 79.5 Å². The normalized spacial score (nSPS) is 10.7. The fourth-order valence-electron chi connectivity index (χ4n) is 2.16. The van der Waals surface area contributed by atoms with E-state index < -0.39 is 5.91 Å². The average molecular weight is 473 g/mol. The summed E-state index contributed by atoms with van der Waals surface area (Å²) in [6.45, 7) is 3.77. The Kier molecular flexibility index (Phi) is 9.30. The third-order valence-electron chi connectivity index (χ3n) is 3.38. The minimum Gasteiger partial charge on any atom is -0.366 e. The summed E-state index contributed by atoms with van der Waals surface area (Å²) in [5.41, 5.74) is 7.70. The standard InChI is InChI=1S/C18H21ClN4O.HI/c1-2-21-18(23-12-15-7-3-4-9-16(15)19)22-11-13-6-5-8-14(10-13)17(20)24;/h3-10H,2,11-12H2,1H3,(H2,20,24)(H2,21,22,23);1H. The van der Waals surface area contributed by atoms with Crippen LogP contribution in [0, 0.1) is 0 Å². The first-order valence-electron chi connectivity index (χ1n) is 7.74. The molecule has 1 amide bonds. The Labute approximate surface area is 170 Å². The Balaban J connectivity index is 0.00000312. The fourth-order valence-corrected chi connectivity index (χ4v) is 2.36. The van der Waals surface area contributed by atoms with Gasteiger partial charge in [0.1, 0.15) is 0 Å². The molecule has 2 rings (SSSR count). The predicted octanol–water partition coefficient (Wildman–Crippen LogP) is 3.31. The molecule has 0 aromatic heterocycles. The molecule has 0 spiro atoms. The number of nitrogens with one attached hydrogen (secondary N) is 2. The van der Waals surface area contributed by atoms with Crippen molar-refractivity contribution in [3.8, 4) is 0 Å². The van der Waals surface area contributed by atoms with Gasteiger partial charge in [0.05, 0.1) is 6.54 Å². The first kappa shape index (κ1) is 21.2. The fraction of sp³-hybridized carbons (Fsp3) is 0.222. The van der Waals surface area contributed by atoms with E-state index in [-0.39, 0.29) is 24.0 Å². The van der Waals surface area contributed by atoms with Gasteiger partial charge in [-0.15, -0.1) is 24.0 Å². The zero-order valence-electron chi connectivity index (χ0n) is 14.0. The summed E-state index contributed by atoms with van der Waals surface area (Å²) in [5.74, 6) is 0.242. The van der Waals surface area contributed by atoms with Gasteiger partial charge < -0.3 is 16.4 Å². The van der Waals surface area contributed by atoms with Crippen molar-refractivity contribution in [3.05, 3.63) is 70.2 Å². The number of hydrogen-bond donors (Lipinski definition) is 3. The lowest BCUT2D eigenvalue weighted by molar-refractivity contribution is 0.1000. The highest BCUT2D eigenvalue weighted by atomic mass is 127. The molecular weight excluding hydrogens is 451 g/mol. The molecule has 0 radical (unpaired) electrons. The van der Waals surface area contributed by atoms with Crippen molar-refractivity contribution in [1.82, 2.24) is 10.6 Å². The number of nitrogens with two attached hydrogens (primary N) is 1. The van der Waals surface area contributed by atoms with E-state index in [4.69, 9.17) is 17.3 Å². The van der Waals surface area contributed by atoms with Crippen LogP contribution in [-0.4, -0.2) is 18.4 Å². The zero-order valence-corrected chi connectivity index (χ0v) is 17.0. The van der Waals surface area contributed by atoms with Gasteiger partial charge in [-0.1, -0.05) is 41.9 Å². The van der Waals surface area contributed by atoms with E-state index >= 15 is 0 Å². The van der Waals surface area contributed by atoms with Crippen molar-refractivity contribution >= 4 is 47.4 Å². The van der Waals surface area contributed by atoms with Gasteiger partial charge in [0.25, 0.3) is 0 Å². The van der Waals surface area contributed by atoms with E-state index in [9.17, 15) is 4.79 Å². The monoisotopic (exact) mass is 472 g/mol. The van der Waals surface area contributed by atoms with Gasteiger partial charge in [0.2, 0.25) is 5.91 Å². The van der Waals surface area contributed by atoms with Gasteiger partial charge >= 0.3 is 0 Å². The number of guanidine groups is 1. The minimum atomic E-state index is -0.440. The van der Waals surface area contributed by atoms with Crippen LogP contribution in [0.1, 0.15) is 28.4 Å². The van der Waals surface area contributed by atoms with Crippen LogP contribution in [0.25, 0.3) is 0 Å². The maximum atomic E-state index is 11.2. The number of primary amides is 1. The summed E-state index contributed by atoms with van der Waals surface area (Å²) in [4.78, 5) is 15.8. The summed E-state index contributed by atoms with van der Waals surface area (Å²) in [5, 5.41) is 7.15. The van der Waals surface area contributed by atoms with E-state index in [0.717, 1.165) is 22.7 Å². The molecule has 0 aliphatic rings. The highest BCUT2D eigenvalue weighted by Crippen LogP contribution is 2.14. The number of hydrogen-bond acceptors (Lipinski definition) is 2. The third kappa shape index (κ3) is 6.91. The number of rotatable bonds is 6. The molecule has 2 aromatic carbocycles. The molecule has 0 bridgehead atoms. The molecule has 25 heavy (non-hydrogen) atoms. The van der Waals surface area contributed by atoms with Crippen molar-refractivity contribution in [1.29, 1.82) is 0 Å². The number of nitrogens with zero attached hydrogens (tertiary/aromatic N) is 1. The van der Waals surface area contributed by atoms with Gasteiger partial charge in [-0.3, -0.25) is 4.79 Å². The third-order valence-corrected chi connectivity index (χ3v) is 3.75. The summed E-state index contributed by atoms with van der Waals surface area (Å²) >= 11 is 6.16. The molecule has 0 aliphatic carbocycles. The second-order valence-electron chi connectivity index (χ2n) is 5.20. The van der Waals surface area contributed by atoms with Crippen LogP contribution >= 0.6 is 35.6 Å². The van der Waals surface area contributed by atoms with E-state index in [0.29, 0.717) is 24.6 Å². The maximum Gasteiger partial charge on any atom is 0.248 e. The van der Waals surface area contributed by atoms with Crippen LogP contribution < -0.4 is 16.4 Å². The maximum absolute atomic E-state index is 11.2. The number of aliphatic imine (C=N–C) groups is 1. The highest BCUT2D eigenvalue weighted by Gasteiger charge is 2.03. The van der Waals surface area contributed by atoms with E-state index in [1.54, 1.807) is 18.2 Å². The van der Waals surface area contributed by atoms with Crippen LogP contribution in [0.4, 0.5) is 0 Å². The summed E-state index contributed by atoms with van der Waals surface area (Å²) < 4.78 is 0. The Bertz CT molecular complexity index is 737. The molecule has 0 atom stereocenters. The molecule has 4 N–H and O–H groups in total. The van der Waals surface area contributed by atoms with Crippen LogP contribution in [0.3, 0.4) is 0 Å². The second kappa shape index (κ2) is 10.9. The average Bonchev–Trinajstić information content (AvgIpc) is 2.59. The molecule has 0 heterocycles. The Morgan fingerprint density at radius 1 is 1.16 bits per heavy atom. The van der Waals surface area contributed by atoms with E-state index in [1.807, 2.05) is 37.3 Å². The lowest BCUT2D eigenvalue weighted by Gasteiger charge is -2.12. The van der Waals surface area contributed by atoms with Gasteiger partial charge in [-0.05, 0) is 36.2 Å². The largest absolute Gasteiger partial charge is 0.366 e. The molecule has 5 nitrogen and oxygen atoms in total. The Morgan fingerprint density at radius 2 is 1.92 bits per heavy atom. The molecule has 2 aromatic rings. The van der Waals surface area contributed by atoms with Gasteiger partial charge in [-0.2, -0.15) is 0 Å². The molecule has 0 aliphatic heterocycles.